The van der Waals surface area contributed by atoms with Crippen molar-refractivity contribution < 1.29 is 9.53 Å². The van der Waals surface area contributed by atoms with Crippen molar-refractivity contribution in [1.29, 1.82) is 0 Å². The Morgan fingerprint density at radius 3 is 2.86 bits per heavy atom. The van der Waals surface area contributed by atoms with E-state index in [0.29, 0.717) is 6.61 Å². The first-order valence-electron chi connectivity index (χ1n) is 7.60. The molecule has 1 aliphatic rings. The first kappa shape index (κ1) is 15.2. The SMILES string of the molecule is Cc1nc(-c2ccccc2)sc1[C@@H](C)NC(=O)[C@H]1CCCO1. The van der Waals surface area contributed by atoms with Crippen molar-refractivity contribution in [2.45, 2.75) is 38.8 Å². The van der Waals surface area contributed by atoms with Gasteiger partial charge >= 0.3 is 0 Å². The Morgan fingerprint density at radius 1 is 1.41 bits per heavy atom. The normalized spacial score (nSPS) is 19.1. The molecule has 3 rings (SSSR count). The van der Waals surface area contributed by atoms with E-state index in [0.717, 1.165) is 34.0 Å². The van der Waals surface area contributed by atoms with E-state index in [1.165, 1.54) is 0 Å². The summed E-state index contributed by atoms with van der Waals surface area (Å²) in [5, 5.41) is 4.04. The van der Waals surface area contributed by atoms with Gasteiger partial charge in [-0.2, -0.15) is 0 Å². The lowest BCUT2D eigenvalue weighted by molar-refractivity contribution is -0.130. The molecule has 2 heterocycles. The van der Waals surface area contributed by atoms with Crippen LogP contribution in [0.2, 0.25) is 0 Å². The molecule has 1 aliphatic heterocycles. The van der Waals surface area contributed by atoms with Crippen molar-refractivity contribution in [3.05, 3.63) is 40.9 Å². The molecule has 0 unspecified atom stereocenters. The van der Waals surface area contributed by atoms with Crippen LogP contribution in [0.5, 0.6) is 0 Å². The summed E-state index contributed by atoms with van der Waals surface area (Å²) in [6.45, 7) is 4.68. The Kier molecular flexibility index (Phi) is 4.55. The van der Waals surface area contributed by atoms with Crippen LogP contribution in [0.25, 0.3) is 10.6 Å². The zero-order valence-corrected chi connectivity index (χ0v) is 13.7. The lowest BCUT2D eigenvalue weighted by atomic mass is 10.2. The van der Waals surface area contributed by atoms with Crippen molar-refractivity contribution in [3.8, 4) is 10.6 Å². The summed E-state index contributed by atoms with van der Waals surface area (Å²) in [7, 11) is 0. The molecule has 1 aromatic heterocycles. The fourth-order valence-electron chi connectivity index (χ4n) is 2.67. The maximum atomic E-state index is 12.2. The highest BCUT2D eigenvalue weighted by Gasteiger charge is 2.26. The van der Waals surface area contributed by atoms with Crippen LogP contribution in [0, 0.1) is 6.92 Å². The predicted octanol–water partition coefficient (Wildman–Crippen LogP) is 3.47. The summed E-state index contributed by atoms with van der Waals surface area (Å²) >= 11 is 1.64. The molecule has 1 fully saturated rings. The van der Waals surface area contributed by atoms with Crippen molar-refractivity contribution in [3.63, 3.8) is 0 Å². The number of hydrogen-bond donors (Lipinski definition) is 1. The van der Waals surface area contributed by atoms with Crippen LogP contribution in [0.4, 0.5) is 0 Å². The quantitative estimate of drug-likeness (QED) is 0.939. The minimum Gasteiger partial charge on any atom is -0.368 e. The van der Waals surface area contributed by atoms with E-state index in [1.54, 1.807) is 11.3 Å². The summed E-state index contributed by atoms with van der Waals surface area (Å²) in [5.41, 5.74) is 2.09. The summed E-state index contributed by atoms with van der Waals surface area (Å²) in [5.74, 6) is -0.0148. The van der Waals surface area contributed by atoms with Crippen molar-refractivity contribution in [2.75, 3.05) is 6.61 Å². The smallest absolute Gasteiger partial charge is 0.249 e. The van der Waals surface area contributed by atoms with E-state index in [4.69, 9.17) is 4.74 Å². The van der Waals surface area contributed by atoms with Crippen LogP contribution < -0.4 is 5.32 Å². The number of hydrogen-bond acceptors (Lipinski definition) is 4. The van der Waals surface area contributed by atoms with Gasteiger partial charge in [0.25, 0.3) is 0 Å². The topological polar surface area (TPSA) is 51.2 Å². The lowest BCUT2D eigenvalue weighted by Crippen LogP contribution is -2.35. The largest absolute Gasteiger partial charge is 0.368 e. The minimum atomic E-state index is -0.288. The van der Waals surface area contributed by atoms with E-state index in [1.807, 2.05) is 32.0 Å². The number of nitrogens with one attached hydrogen (secondary N) is 1. The van der Waals surface area contributed by atoms with Crippen LogP contribution in [0.3, 0.4) is 0 Å². The van der Waals surface area contributed by atoms with E-state index in [9.17, 15) is 4.79 Å². The Balaban J connectivity index is 1.74. The van der Waals surface area contributed by atoms with Crippen LogP contribution in [0.15, 0.2) is 30.3 Å². The third-order valence-electron chi connectivity index (χ3n) is 3.83. The van der Waals surface area contributed by atoms with Crippen molar-refractivity contribution in [2.24, 2.45) is 0 Å². The fraction of sp³-hybridized carbons (Fsp3) is 0.412. The highest BCUT2D eigenvalue weighted by atomic mass is 32.1. The monoisotopic (exact) mass is 316 g/mol. The minimum absolute atomic E-state index is 0.0148. The maximum absolute atomic E-state index is 12.2. The Hall–Kier alpha value is -1.72. The molecule has 0 spiro atoms. The molecule has 5 heteroatoms. The van der Waals surface area contributed by atoms with Gasteiger partial charge in [-0.3, -0.25) is 4.79 Å². The number of benzene rings is 1. The molecule has 1 amide bonds. The number of ether oxygens (including phenoxy) is 1. The highest BCUT2D eigenvalue weighted by molar-refractivity contribution is 7.15. The average Bonchev–Trinajstić information content (AvgIpc) is 3.17. The predicted molar refractivity (Wildman–Crippen MR) is 87.8 cm³/mol. The third-order valence-corrected chi connectivity index (χ3v) is 5.22. The van der Waals surface area contributed by atoms with Gasteiger partial charge in [0.1, 0.15) is 11.1 Å². The van der Waals surface area contributed by atoms with Crippen molar-refractivity contribution in [1.82, 2.24) is 10.3 Å². The van der Waals surface area contributed by atoms with E-state index in [2.05, 4.69) is 22.4 Å². The number of rotatable bonds is 4. The molecule has 1 saturated heterocycles. The number of aryl methyl sites for hydroxylation is 1. The van der Waals surface area contributed by atoms with Crippen LogP contribution in [-0.2, 0) is 9.53 Å². The zero-order valence-electron chi connectivity index (χ0n) is 12.8. The van der Waals surface area contributed by atoms with Gasteiger partial charge in [-0.05, 0) is 26.7 Å². The number of thiazole rings is 1. The van der Waals surface area contributed by atoms with Gasteiger partial charge in [0, 0.05) is 12.2 Å². The molecule has 0 saturated carbocycles. The molecular weight excluding hydrogens is 296 g/mol. The first-order valence-corrected chi connectivity index (χ1v) is 8.41. The number of carbonyl (C=O) groups excluding carboxylic acids is 1. The molecule has 0 radical (unpaired) electrons. The number of aromatic nitrogens is 1. The molecule has 0 bridgehead atoms. The molecule has 1 aromatic carbocycles. The summed E-state index contributed by atoms with van der Waals surface area (Å²) in [6, 6.07) is 10.1. The second-order valence-corrected chi connectivity index (χ2v) is 6.60. The molecular formula is C17H20N2O2S. The highest BCUT2D eigenvalue weighted by Crippen LogP contribution is 2.31. The van der Waals surface area contributed by atoms with Gasteiger partial charge in [-0.1, -0.05) is 30.3 Å². The average molecular weight is 316 g/mol. The van der Waals surface area contributed by atoms with Gasteiger partial charge in [0.2, 0.25) is 5.91 Å². The molecule has 0 aliphatic carbocycles. The summed E-state index contributed by atoms with van der Waals surface area (Å²) < 4.78 is 5.43. The van der Waals surface area contributed by atoms with E-state index in [-0.39, 0.29) is 18.1 Å². The number of carbonyl (C=O) groups is 1. The Labute approximate surface area is 134 Å². The van der Waals surface area contributed by atoms with Crippen LogP contribution in [0.1, 0.15) is 36.4 Å². The molecule has 116 valence electrons. The van der Waals surface area contributed by atoms with Gasteiger partial charge in [0.05, 0.1) is 16.6 Å². The van der Waals surface area contributed by atoms with E-state index < -0.39 is 0 Å². The van der Waals surface area contributed by atoms with Crippen molar-refractivity contribution >= 4 is 17.2 Å². The van der Waals surface area contributed by atoms with E-state index >= 15 is 0 Å². The molecule has 22 heavy (non-hydrogen) atoms. The zero-order chi connectivity index (χ0) is 15.5. The van der Waals surface area contributed by atoms with Gasteiger partial charge in [-0.25, -0.2) is 4.98 Å². The van der Waals surface area contributed by atoms with Gasteiger partial charge in [-0.15, -0.1) is 11.3 Å². The van der Waals surface area contributed by atoms with Crippen LogP contribution >= 0.6 is 11.3 Å². The third kappa shape index (κ3) is 3.20. The standard InChI is InChI=1S/C17H20N2O2S/c1-11(18-16(20)14-9-6-10-21-14)15-12(2)19-17(22-15)13-7-4-3-5-8-13/h3-5,7-8,11,14H,6,9-10H2,1-2H3,(H,18,20)/t11-,14-/m1/s1. The molecule has 2 aromatic rings. The Bertz CT molecular complexity index is 648. The van der Waals surface area contributed by atoms with Crippen LogP contribution in [-0.4, -0.2) is 23.6 Å². The summed E-state index contributed by atoms with van der Waals surface area (Å²) in [6.07, 6.45) is 1.49. The first-order chi connectivity index (χ1) is 10.6. The molecule has 1 N–H and O–H groups in total. The second kappa shape index (κ2) is 6.58. The molecule has 4 nitrogen and oxygen atoms in total. The van der Waals surface area contributed by atoms with Gasteiger partial charge < -0.3 is 10.1 Å². The second-order valence-electron chi connectivity index (χ2n) is 5.57. The fourth-order valence-corrected chi connectivity index (χ4v) is 3.74. The maximum Gasteiger partial charge on any atom is 0.249 e. The summed E-state index contributed by atoms with van der Waals surface area (Å²) in [4.78, 5) is 17.9. The number of amides is 1. The molecule has 2 atom stereocenters. The lowest BCUT2D eigenvalue weighted by Gasteiger charge is -2.16. The van der Waals surface area contributed by atoms with Gasteiger partial charge in [0.15, 0.2) is 0 Å². The Morgan fingerprint density at radius 2 is 2.18 bits per heavy atom. The number of nitrogens with zero attached hydrogens (tertiary/aromatic N) is 1.